The molecule has 1 aliphatic heterocycles. The van der Waals surface area contributed by atoms with Crippen LogP contribution < -0.4 is 0 Å². The second kappa shape index (κ2) is 6.37. The monoisotopic (exact) mass is 305 g/mol. The van der Waals surface area contributed by atoms with Crippen molar-refractivity contribution in [2.75, 3.05) is 19.6 Å². The van der Waals surface area contributed by atoms with Gasteiger partial charge in [-0.3, -0.25) is 0 Å². The molecule has 0 spiro atoms. The second-order valence-corrected chi connectivity index (χ2v) is 6.60. The average molecular weight is 306 g/mol. The van der Waals surface area contributed by atoms with Crippen LogP contribution in [0.1, 0.15) is 31.2 Å². The van der Waals surface area contributed by atoms with E-state index >= 15 is 0 Å². The molecule has 1 fully saturated rings. The van der Waals surface area contributed by atoms with E-state index in [1.807, 2.05) is 0 Å². The van der Waals surface area contributed by atoms with Crippen molar-refractivity contribution >= 4 is 22.6 Å². The van der Waals surface area contributed by atoms with Crippen molar-refractivity contribution < 1.29 is 0 Å². The molecule has 0 saturated carbocycles. The van der Waals surface area contributed by atoms with Crippen molar-refractivity contribution in [3.8, 4) is 0 Å². The van der Waals surface area contributed by atoms with E-state index in [9.17, 15) is 0 Å². The number of hydrogen-bond acceptors (Lipinski definition) is 2. The van der Waals surface area contributed by atoms with Gasteiger partial charge in [0.2, 0.25) is 0 Å². The van der Waals surface area contributed by atoms with E-state index in [0.717, 1.165) is 17.9 Å². The number of aryl methyl sites for hydroxylation is 1. The first kappa shape index (κ1) is 14.9. The third-order valence-electron chi connectivity index (χ3n) is 4.44. The SMILES string of the molecule is Cc1cccc2c1nc(CCl)n2CC(C)CN1CCCC1. The summed E-state index contributed by atoms with van der Waals surface area (Å²) in [4.78, 5) is 7.31. The number of hydrogen-bond donors (Lipinski definition) is 0. The van der Waals surface area contributed by atoms with Crippen LogP contribution in [0.3, 0.4) is 0 Å². The molecule has 1 unspecified atom stereocenters. The molecular weight excluding hydrogens is 282 g/mol. The zero-order valence-electron chi connectivity index (χ0n) is 13.0. The van der Waals surface area contributed by atoms with Crippen molar-refractivity contribution in [1.29, 1.82) is 0 Å². The van der Waals surface area contributed by atoms with E-state index < -0.39 is 0 Å². The molecule has 0 amide bonds. The molecule has 2 heterocycles. The summed E-state index contributed by atoms with van der Waals surface area (Å²) in [5, 5.41) is 0. The maximum Gasteiger partial charge on any atom is 0.124 e. The van der Waals surface area contributed by atoms with Gasteiger partial charge in [-0.15, -0.1) is 11.6 Å². The van der Waals surface area contributed by atoms with E-state index in [0.29, 0.717) is 11.8 Å². The van der Waals surface area contributed by atoms with E-state index in [-0.39, 0.29) is 0 Å². The topological polar surface area (TPSA) is 21.1 Å². The highest BCUT2D eigenvalue weighted by Crippen LogP contribution is 2.22. The van der Waals surface area contributed by atoms with Crippen LogP contribution >= 0.6 is 11.6 Å². The number of likely N-dealkylation sites (tertiary alicyclic amines) is 1. The summed E-state index contributed by atoms with van der Waals surface area (Å²) in [6, 6.07) is 6.39. The van der Waals surface area contributed by atoms with Crippen LogP contribution in [0.4, 0.5) is 0 Å². The molecule has 114 valence electrons. The molecule has 4 heteroatoms. The summed E-state index contributed by atoms with van der Waals surface area (Å²) in [5.41, 5.74) is 3.55. The fourth-order valence-electron chi connectivity index (χ4n) is 3.42. The summed E-state index contributed by atoms with van der Waals surface area (Å²) in [6.45, 7) is 9.14. The number of para-hydroxylation sites is 1. The molecule has 1 atom stereocenters. The highest BCUT2D eigenvalue weighted by molar-refractivity contribution is 6.16. The third-order valence-corrected chi connectivity index (χ3v) is 4.68. The van der Waals surface area contributed by atoms with Crippen LogP contribution in [0, 0.1) is 12.8 Å². The van der Waals surface area contributed by atoms with Crippen molar-refractivity contribution in [2.24, 2.45) is 5.92 Å². The summed E-state index contributed by atoms with van der Waals surface area (Å²) >= 11 is 6.12. The Kier molecular flexibility index (Phi) is 4.51. The molecule has 3 rings (SSSR count). The summed E-state index contributed by atoms with van der Waals surface area (Å²) in [6.07, 6.45) is 2.71. The van der Waals surface area contributed by atoms with E-state index in [1.165, 1.54) is 43.6 Å². The highest BCUT2D eigenvalue weighted by Gasteiger charge is 2.17. The van der Waals surface area contributed by atoms with Gasteiger partial charge >= 0.3 is 0 Å². The Morgan fingerprint density at radius 2 is 2.00 bits per heavy atom. The Morgan fingerprint density at radius 1 is 1.24 bits per heavy atom. The molecule has 1 aliphatic rings. The zero-order valence-corrected chi connectivity index (χ0v) is 13.7. The molecule has 21 heavy (non-hydrogen) atoms. The van der Waals surface area contributed by atoms with Crippen LogP contribution in [-0.4, -0.2) is 34.1 Å². The number of halogens is 1. The number of alkyl halides is 1. The first-order valence-electron chi connectivity index (χ1n) is 7.92. The van der Waals surface area contributed by atoms with E-state index in [1.54, 1.807) is 0 Å². The standard InChI is InChI=1S/C17H24ClN3/c1-13(11-20-8-3-4-9-20)12-21-15-7-5-6-14(2)17(15)19-16(21)10-18/h5-7,13H,3-4,8-12H2,1-2H3. The second-order valence-electron chi connectivity index (χ2n) is 6.33. The maximum atomic E-state index is 6.12. The van der Waals surface area contributed by atoms with Gasteiger partial charge in [0, 0.05) is 13.1 Å². The fraction of sp³-hybridized carbons (Fsp3) is 0.588. The lowest BCUT2D eigenvalue weighted by Gasteiger charge is -2.21. The van der Waals surface area contributed by atoms with Crippen LogP contribution in [0.2, 0.25) is 0 Å². The summed E-state index contributed by atoms with van der Waals surface area (Å²) in [7, 11) is 0. The van der Waals surface area contributed by atoms with Gasteiger partial charge in [0.25, 0.3) is 0 Å². The molecule has 0 aliphatic carbocycles. The molecular formula is C17H24ClN3. The minimum absolute atomic E-state index is 0.477. The van der Waals surface area contributed by atoms with Crippen LogP contribution in [0.15, 0.2) is 18.2 Å². The summed E-state index contributed by atoms with van der Waals surface area (Å²) < 4.78 is 2.32. The smallest absolute Gasteiger partial charge is 0.124 e. The number of imidazole rings is 1. The predicted octanol–water partition coefficient (Wildman–Crippen LogP) is 3.82. The molecule has 3 nitrogen and oxygen atoms in total. The van der Waals surface area contributed by atoms with Gasteiger partial charge in [-0.25, -0.2) is 4.98 Å². The number of nitrogens with zero attached hydrogens (tertiary/aromatic N) is 3. The zero-order chi connectivity index (χ0) is 14.8. The molecule has 0 N–H and O–H groups in total. The number of rotatable bonds is 5. The summed E-state index contributed by atoms with van der Waals surface area (Å²) in [5.74, 6) is 2.09. The van der Waals surface area contributed by atoms with Gasteiger partial charge in [-0.05, 0) is 50.4 Å². The lowest BCUT2D eigenvalue weighted by molar-refractivity contribution is 0.272. The van der Waals surface area contributed by atoms with Gasteiger partial charge in [0.05, 0.1) is 16.9 Å². The Balaban J connectivity index is 1.83. The van der Waals surface area contributed by atoms with Gasteiger partial charge in [-0.1, -0.05) is 19.1 Å². The highest BCUT2D eigenvalue weighted by atomic mass is 35.5. The Hall–Kier alpha value is -1.06. The lowest BCUT2D eigenvalue weighted by Crippen LogP contribution is -2.27. The Morgan fingerprint density at radius 3 is 2.71 bits per heavy atom. The minimum Gasteiger partial charge on any atom is -0.327 e. The number of fused-ring (bicyclic) bond motifs is 1. The first-order valence-corrected chi connectivity index (χ1v) is 8.45. The quantitative estimate of drug-likeness (QED) is 0.783. The molecule has 0 bridgehead atoms. The van der Waals surface area contributed by atoms with Crippen LogP contribution in [-0.2, 0) is 12.4 Å². The van der Waals surface area contributed by atoms with Crippen LogP contribution in [0.25, 0.3) is 11.0 Å². The molecule has 0 radical (unpaired) electrons. The average Bonchev–Trinajstić information content (AvgIpc) is 3.08. The molecule has 1 aromatic carbocycles. The Bertz CT molecular complexity index is 614. The normalized spacial score (nSPS) is 17.7. The van der Waals surface area contributed by atoms with Crippen molar-refractivity contribution in [3.05, 3.63) is 29.6 Å². The molecule has 1 aromatic heterocycles. The largest absolute Gasteiger partial charge is 0.327 e. The van der Waals surface area contributed by atoms with Gasteiger partial charge in [-0.2, -0.15) is 0 Å². The van der Waals surface area contributed by atoms with Gasteiger partial charge in [0.15, 0.2) is 0 Å². The van der Waals surface area contributed by atoms with Crippen molar-refractivity contribution in [2.45, 2.75) is 39.1 Å². The number of benzene rings is 1. The third kappa shape index (κ3) is 3.09. The van der Waals surface area contributed by atoms with Crippen molar-refractivity contribution in [1.82, 2.24) is 14.5 Å². The molecule has 2 aromatic rings. The maximum absolute atomic E-state index is 6.12. The van der Waals surface area contributed by atoms with Crippen LogP contribution in [0.5, 0.6) is 0 Å². The fourth-order valence-corrected chi connectivity index (χ4v) is 3.62. The Labute approximate surface area is 131 Å². The van der Waals surface area contributed by atoms with E-state index in [2.05, 4.69) is 41.5 Å². The first-order chi connectivity index (χ1) is 10.2. The van der Waals surface area contributed by atoms with Gasteiger partial charge < -0.3 is 9.47 Å². The molecule has 1 saturated heterocycles. The van der Waals surface area contributed by atoms with E-state index in [4.69, 9.17) is 16.6 Å². The minimum atomic E-state index is 0.477. The van der Waals surface area contributed by atoms with Gasteiger partial charge in [0.1, 0.15) is 5.82 Å². The number of aromatic nitrogens is 2. The van der Waals surface area contributed by atoms with Crippen molar-refractivity contribution in [3.63, 3.8) is 0 Å². The lowest BCUT2D eigenvalue weighted by atomic mass is 10.1. The predicted molar refractivity (Wildman–Crippen MR) is 88.9 cm³/mol.